The van der Waals surface area contributed by atoms with Gasteiger partial charge in [0.2, 0.25) is 0 Å². The summed E-state index contributed by atoms with van der Waals surface area (Å²) in [5.41, 5.74) is -0.442. The van der Waals surface area contributed by atoms with E-state index in [1.165, 1.54) is 25.0 Å². The molecule has 5 heteroatoms. The first-order valence-electron chi connectivity index (χ1n) is 6.51. The monoisotopic (exact) mass is 272 g/mol. The average Bonchev–Trinajstić information content (AvgIpc) is 3.18. The van der Waals surface area contributed by atoms with Crippen molar-refractivity contribution >= 4 is 5.69 Å². The maximum absolute atomic E-state index is 12.8. The fourth-order valence-electron chi connectivity index (χ4n) is 2.13. The molecule has 1 aliphatic carbocycles. The Morgan fingerprint density at radius 3 is 2.53 bits per heavy atom. The van der Waals surface area contributed by atoms with E-state index in [0.29, 0.717) is 12.6 Å². The molecule has 1 fully saturated rings. The zero-order valence-corrected chi connectivity index (χ0v) is 11.2. The van der Waals surface area contributed by atoms with Crippen molar-refractivity contribution in [2.45, 2.75) is 38.0 Å². The van der Waals surface area contributed by atoms with Gasteiger partial charge in [0.25, 0.3) is 0 Å². The number of alkyl halides is 3. The fourth-order valence-corrected chi connectivity index (χ4v) is 2.13. The van der Waals surface area contributed by atoms with Crippen molar-refractivity contribution in [1.29, 1.82) is 0 Å². The molecule has 0 saturated heterocycles. The minimum Gasteiger partial charge on any atom is -0.383 e. The molecule has 0 heterocycles. The summed E-state index contributed by atoms with van der Waals surface area (Å²) >= 11 is 0. The predicted molar refractivity (Wildman–Crippen MR) is 70.2 cm³/mol. The van der Waals surface area contributed by atoms with E-state index in [-0.39, 0.29) is 11.7 Å². The summed E-state index contributed by atoms with van der Waals surface area (Å²) in [5, 5.41) is 2.92. The molecule has 106 valence electrons. The van der Waals surface area contributed by atoms with Crippen LogP contribution in [-0.2, 0) is 6.18 Å². The third kappa shape index (κ3) is 3.62. The quantitative estimate of drug-likeness (QED) is 0.881. The van der Waals surface area contributed by atoms with Gasteiger partial charge in [0.1, 0.15) is 0 Å². The maximum atomic E-state index is 12.8. The molecule has 1 N–H and O–H groups in total. The standard InChI is InChI=1S/C14H19F3N2/c1-10(19(2)11-7-8-11)9-18-13-6-4-3-5-12(13)14(15,16)17/h3-6,10-11,18H,7-9H2,1-2H3. The third-order valence-corrected chi connectivity index (χ3v) is 3.64. The molecule has 0 aromatic heterocycles. The number of hydrogen-bond donors (Lipinski definition) is 1. The van der Waals surface area contributed by atoms with E-state index in [4.69, 9.17) is 0 Å². The van der Waals surface area contributed by atoms with Crippen molar-refractivity contribution in [2.24, 2.45) is 0 Å². The van der Waals surface area contributed by atoms with E-state index in [2.05, 4.69) is 10.2 Å². The van der Waals surface area contributed by atoms with Gasteiger partial charge in [0, 0.05) is 24.3 Å². The van der Waals surface area contributed by atoms with Crippen LogP contribution in [0.3, 0.4) is 0 Å². The van der Waals surface area contributed by atoms with Gasteiger partial charge in [-0.25, -0.2) is 0 Å². The number of benzene rings is 1. The number of halogens is 3. The van der Waals surface area contributed by atoms with Gasteiger partial charge in [-0.05, 0) is 38.9 Å². The van der Waals surface area contributed by atoms with Crippen LogP contribution in [-0.4, -0.2) is 30.6 Å². The zero-order valence-electron chi connectivity index (χ0n) is 11.2. The summed E-state index contributed by atoms with van der Waals surface area (Å²) in [6, 6.07) is 6.44. The number of hydrogen-bond acceptors (Lipinski definition) is 2. The lowest BCUT2D eigenvalue weighted by atomic mass is 10.1. The van der Waals surface area contributed by atoms with Crippen molar-refractivity contribution in [3.8, 4) is 0 Å². The molecule has 2 rings (SSSR count). The highest BCUT2D eigenvalue weighted by atomic mass is 19.4. The van der Waals surface area contributed by atoms with Gasteiger partial charge >= 0.3 is 6.18 Å². The van der Waals surface area contributed by atoms with E-state index in [9.17, 15) is 13.2 Å². The molecule has 1 aliphatic rings. The Kier molecular flexibility index (Phi) is 4.04. The van der Waals surface area contributed by atoms with Crippen LogP contribution in [0.2, 0.25) is 0 Å². The predicted octanol–water partition coefficient (Wildman–Crippen LogP) is 3.60. The van der Waals surface area contributed by atoms with Crippen LogP contribution < -0.4 is 5.32 Å². The van der Waals surface area contributed by atoms with Gasteiger partial charge in [-0.1, -0.05) is 12.1 Å². The molecule has 0 amide bonds. The molecule has 0 aliphatic heterocycles. The van der Waals surface area contributed by atoms with E-state index < -0.39 is 11.7 Å². The van der Waals surface area contributed by atoms with Gasteiger partial charge in [0.15, 0.2) is 0 Å². The SMILES string of the molecule is CC(CNc1ccccc1C(F)(F)F)N(C)C1CC1. The normalized spacial score (nSPS) is 17.6. The summed E-state index contributed by atoms with van der Waals surface area (Å²) < 4.78 is 38.5. The summed E-state index contributed by atoms with van der Waals surface area (Å²) in [5.74, 6) is 0. The number of anilines is 1. The molecule has 1 atom stereocenters. The van der Waals surface area contributed by atoms with Gasteiger partial charge in [-0.3, -0.25) is 4.90 Å². The molecule has 2 nitrogen and oxygen atoms in total. The van der Waals surface area contributed by atoms with Gasteiger partial charge in [0.05, 0.1) is 5.56 Å². The van der Waals surface area contributed by atoms with Crippen LogP contribution in [0.15, 0.2) is 24.3 Å². The minimum atomic E-state index is -4.31. The summed E-state index contributed by atoms with van der Waals surface area (Å²) in [6.45, 7) is 2.54. The Labute approximate surface area is 111 Å². The van der Waals surface area contributed by atoms with E-state index in [1.807, 2.05) is 14.0 Å². The van der Waals surface area contributed by atoms with Crippen LogP contribution in [0, 0.1) is 0 Å². The molecule has 1 saturated carbocycles. The first kappa shape index (κ1) is 14.2. The highest BCUT2D eigenvalue weighted by Gasteiger charge is 2.33. The minimum absolute atomic E-state index is 0.158. The van der Waals surface area contributed by atoms with Crippen LogP contribution in [0.4, 0.5) is 18.9 Å². The fraction of sp³-hybridized carbons (Fsp3) is 0.571. The van der Waals surface area contributed by atoms with Crippen molar-refractivity contribution in [3.63, 3.8) is 0 Å². The Morgan fingerprint density at radius 1 is 1.32 bits per heavy atom. The number of nitrogens with zero attached hydrogens (tertiary/aromatic N) is 1. The smallest absolute Gasteiger partial charge is 0.383 e. The molecular weight excluding hydrogens is 253 g/mol. The molecule has 19 heavy (non-hydrogen) atoms. The van der Waals surface area contributed by atoms with Gasteiger partial charge in [-0.15, -0.1) is 0 Å². The molecule has 0 spiro atoms. The maximum Gasteiger partial charge on any atom is 0.418 e. The first-order chi connectivity index (χ1) is 8.89. The average molecular weight is 272 g/mol. The first-order valence-corrected chi connectivity index (χ1v) is 6.51. The lowest BCUT2D eigenvalue weighted by Gasteiger charge is -2.25. The molecule has 1 aromatic carbocycles. The molecule has 0 bridgehead atoms. The highest BCUT2D eigenvalue weighted by molar-refractivity contribution is 5.52. The number of para-hydroxylation sites is 1. The van der Waals surface area contributed by atoms with Gasteiger partial charge < -0.3 is 5.32 Å². The van der Waals surface area contributed by atoms with E-state index >= 15 is 0 Å². The second-order valence-electron chi connectivity index (χ2n) is 5.17. The summed E-state index contributed by atoms with van der Waals surface area (Å²) in [7, 11) is 2.03. The summed E-state index contributed by atoms with van der Waals surface area (Å²) in [4.78, 5) is 2.23. The zero-order chi connectivity index (χ0) is 14.0. The number of nitrogens with one attached hydrogen (secondary N) is 1. The molecular formula is C14H19F3N2. The van der Waals surface area contributed by atoms with Crippen molar-refractivity contribution < 1.29 is 13.2 Å². The van der Waals surface area contributed by atoms with Gasteiger partial charge in [-0.2, -0.15) is 13.2 Å². The lowest BCUT2D eigenvalue weighted by molar-refractivity contribution is -0.137. The molecule has 1 unspecified atom stereocenters. The highest BCUT2D eigenvalue weighted by Crippen LogP contribution is 2.34. The van der Waals surface area contributed by atoms with E-state index in [0.717, 1.165) is 6.07 Å². The number of likely N-dealkylation sites (N-methyl/N-ethyl adjacent to an activating group) is 1. The Morgan fingerprint density at radius 2 is 1.95 bits per heavy atom. The van der Waals surface area contributed by atoms with Crippen molar-refractivity contribution in [1.82, 2.24) is 4.90 Å². The Bertz CT molecular complexity index is 427. The lowest BCUT2D eigenvalue weighted by Crippen LogP contribution is -2.36. The second kappa shape index (κ2) is 5.41. The Balaban J connectivity index is 1.99. The Hall–Kier alpha value is -1.23. The van der Waals surface area contributed by atoms with E-state index in [1.54, 1.807) is 6.07 Å². The van der Waals surface area contributed by atoms with Crippen LogP contribution in [0.1, 0.15) is 25.3 Å². The topological polar surface area (TPSA) is 15.3 Å². The van der Waals surface area contributed by atoms with Crippen molar-refractivity contribution in [3.05, 3.63) is 29.8 Å². The van der Waals surface area contributed by atoms with Crippen molar-refractivity contribution in [2.75, 3.05) is 18.9 Å². The second-order valence-corrected chi connectivity index (χ2v) is 5.17. The van der Waals surface area contributed by atoms with Crippen LogP contribution in [0.25, 0.3) is 0 Å². The van der Waals surface area contributed by atoms with Crippen LogP contribution >= 0.6 is 0 Å². The largest absolute Gasteiger partial charge is 0.418 e. The molecule has 1 aromatic rings. The third-order valence-electron chi connectivity index (χ3n) is 3.64. The summed E-state index contributed by atoms with van der Waals surface area (Å²) in [6.07, 6.45) is -1.92. The molecule has 0 radical (unpaired) electrons. The number of rotatable bonds is 5. The van der Waals surface area contributed by atoms with Crippen LogP contribution in [0.5, 0.6) is 0 Å².